The molecule has 0 aromatic heterocycles. The molecule has 4 heteroatoms. The molecule has 0 atom stereocenters. The van der Waals surface area contributed by atoms with Crippen molar-refractivity contribution in [3.63, 3.8) is 0 Å². The van der Waals surface area contributed by atoms with Crippen molar-refractivity contribution < 1.29 is 14.6 Å². The zero-order chi connectivity index (χ0) is 13.0. The number of rotatable bonds is 3. The fourth-order valence-corrected chi connectivity index (χ4v) is 2.30. The SMILES string of the molecule is COc1ccc(C(=O)N2CCCCC2)c(CO)c1. The summed E-state index contributed by atoms with van der Waals surface area (Å²) in [6.45, 7) is 1.48. The third kappa shape index (κ3) is 2.64. The van der Waals surface area contributed by atoms with Gasteiger partial charge in [0.25, 0.3) is 5.91 Å². The van der Waals surface area contributed by atoms with Gasteiger partial charge >= 0.3 is 0 Å². The van der Waals surface area contributed by atoms with Crippen molar-refractivity contribution >= 4 is 5.91 Å². The number of amides is 1. The number of methoxy groups -OCH3 is 1. The molecule has 1 heterocycles. The average molecular weight is 249 g/mol. The maximum Gasteiger partial charge on any atom is 0.254 e. The molecule has 1 N–H and O–H groups in total. The highest BCUT2D eigenvalue weighted by Gasteiger charge is 2.20. The van der Waals surface area contributed by atoms with Gasteiger partial charge in [-0.1, -0.05) is 0 Å². The molecule has 18 heavy (non-hydrogen) atoms. The number of aliphatic hydroxyl groups is 1. The second-order valence-electron chi connectivity index (χ2n) is 4.53. The molecule has 1 amide bonds. The molecule has 0 bridgehead atoms. The van der Waals surface area contributed by atoms with E-state index in [4.69, 9.17) is 4.74 Å². The number of piperidine rings is 1. The minimum Gasteiger partial charge on any atom is -0.497 e. The normalized spacial score (nSPS) is 15.6. The van der Waals surface area contributed by atoms with Crippen molar-refractivity contribution in [2.24, 2.45) is 0 Å². The molecule has 98 valence electrons. The smallest absolute Gasteiger partial charge is 0.254 e. The Bertz CT molecular complexity index is 425. The first-order chi connectivity index (χ1) is 8.76. The topological polar surface area (TPSA) is 49.8 Å². The van der Waals surface area contributed by atoms with Gasteiger partial charge in [0.05, 0.1) is 13.7 Å². The molecule has 0 radical (unpaired) electrons. The summed E-state index contributed by atoms with van der Waals surface area (Å²) in [6, 6.07) is 5.22. The lowest BCUT2D eigenvalue weighted by molar-refractivity contribution is 0.0721. The summed E-state index contributed by atoms with van der Waals surface area (Å²) >= 11 is 0. The van der Waals surface area contributed by atoms with E-state index in [0.717, 1.165) is 25.9 Å². The van der Waals surface area contributed by atoms with Gasteiger partial charge < -0.3 is 14.7 Å². The van der Waals surface area contributed by atoms with Crippen LogP contribution in [0.4, 0.5) is 0 Å². The van der Waals surface area contributed by atoms with E-state index in [2.05, 4.69) is 0 Å². The van der Waals surface area contributed by atoms with Crippen molar-refractivity contribution in [3.05, 3.63) is 29.3 Å². The first-order valence-electron chi connectivity index (χ1n) is 6.33. The molecule has 1 aromatic carbocycles. The van der Waals surface area contributed by atoms with Crippen molar-refractivity contribution in [2.75, 3.05) is 20.2 Å². The van der Waals surface area contributed by atoms with Gasteiger partial charge in [0, 0.05) is 18.7 Å². The van der Waals surface area contributed by atoms with Crippen LogP contribution in [0.5, 0.6) is 5.75 Å². The summed E-state index contributed by atoms with van der Waals surface area (Å²) in [4.78, 5) is 14.2. The fourth-order valence-electron chi connectivity index (χ4n) is 2.30. The molecule has 0 unspecified atom stereocenters. The molecule has 1 aromatic rings. The number of ether oxygens (including phenoxy) is 1. The Kier molecular flexibility index (Phi) is 4.20. The van der Waals surface area contributed by atoms with Gasteiger partial charge in [0.2, 0.25) is 0 Å². The van der Waals surface area contributed by atoms with Crippen molar-refractivity contribution in [1.29, 1.82) is 0 Å². The Morgan fingerprint density at radius 3 is 2.67 bits per heavy atom. The minimum atomic E-state index is -0.147. The average Bonchev–Trinajstić information content (AvgIpc) is 2.46. The molecule has 1 fully saturated rings. The van der Waals surface area contributed by atoms with Crippen LogP contribution in [-0.2, 0) is 6.61 Å². The van der Waals surface area contributed by atoms with Gasteiger partial charge in [0.15, 0.2) is 0 Å². The second kappa shape index (κ2) is 5.87. The molecule has 0 aliphatic carbocycles. The Balaban J connectivity index is 2.23. The number of hydrogen-bond donors (Lipinski definition) is 1. The Morgan fingerprint density at radius 1 is 1.33 bits per heavy atom. The van der Waals surface area contributed by atoms with E-state index in [1.807, 2.05) is 4.90 Å². The van der Waals surface area contributed by atoms with Gasteiger partial charge in [-0.05, 0) is 43.0 Å². The number of carbonyl (C=O) groups is 1. The maximum atomic E-state index is 12.4. The van der Waals surface area contributed by atoms with Crippen LogP contribution in [0.25, 0.3) is 0 Å². The second-order valence-corrected chi connectivity index (χ2v) is 4.53. The third-order valence-corrected chi connectivity index (χ3v) is 3.36. The first kappa shape index (κ1) is 12.9. The molecule has 0 spiro atoms. The van der Waals surface area contributed by atoms with Crippen LogP contribution in [0.15, 0.2) is 18.2 Å². The summed E-state index contributed by atoms with van der Waals surface area (Å²) in [7, 11) is 1.57. The summed E-state index contributed by atoms with van der Waals surface area (Å²) in [5.41, 5.74) is 1.21. The number of benzene rings is 1. The predicted molar refractivity (Wildman–Crippen MR) is 68.7 cm³/mol. The van der Waals surface area contributed by atoms with E-state index < -0.39 is 0 Å². The molecular weight excluding hydrogens is 230 g/mol. The van der Waals surface area contributed by atoms with E-state index >= 15 is 0 Å². The number of hydrogen-bond acceptors (Lipinski definition) is 3. The van der Waals surface area contributed by atoms with E-state index in [-0.39, 0.29) is 12.5 Å². The molecule has 0 saturated carbocycles. The summed E-state index contributed by atoms with van der Waals surface area (Å²) in [5.74, 6) is 0.677. The van der Waals surface area contributed by atoms with Crippen LogP contribution in [0.2, 0.25) is 0 Å². The van der Waals surface area contributed by atoms with E-state index in [9.17, 15) is 9.90 Å². The van der Waals surface area contributed by atoms with Crippen LogP contribution in [0.1, 0.15) is 35.2 Å². The zero-order valence-corrected chi connectivity index (χ0v) is 10.7. The van der Waals surface area contributed by atoms with E-state index in [1.165, 1.54) is 6.42 Å². The van der Waals surface area contributed by atoms with Crippen LogP contribution in [-0.4, -0.2) is 36.1 Å². The lowest BCUT2D eigenvalue weighted by Crippen LogP contribution is -2.36. The maximum absolute atomic E-state index is 12.4. The molecular formula is C14H19NO3. The van der Waals surface area contributed by atoms with Crippen LogP contribution < -0.4 is 4.74 Å². The van der Waals surface area contributed by atoms with Gasteiger partial charge in [-0.2, -0.15) is 0 Å². The van der Waals surface area contributed by atoms with Gasteiger partial charge in [-0.3, -0.25) is 4.79 Å². The third-order valence-electron chi connectivity index (χ3n) is 3.36. The van der Waals surface area contributed by atoms with E-state index in [1.54, 1.807) is 25.3 Å². The lowest BCUT2D eigenvalue weighted by atomic mass is 10.0. The van der Waals surface area contributed by atoms with Crippen LogP contribution in [0, 0.1) is 0 Å². The van der Waals surface area contributed by atoms with Crippen molar-refractivity contribution in [1.82, 2.24) is 4.90 Å². The minimum absolute atomic E-state index is 0.0152. The summed E-state index contributed by atoms with van der Waals surface area (Å²) in [5, 5.41) is 9.36. The van der Waals surface area contributed by atoms with Crippen LogP contribution >= 0.6 is 0 Å². The standard InChI is InChI=1S/C14H19NO3/c1-18-12-5-6-13(11(9-12)10-16)14(17)15-7-3-2-4-8-15/h5-6,9,16H,2-4,7-8,10H2,1H3. The van der Waals surface area contributed by atoms with Gasteiger partial charge in [-0.15, -0.1) is 0 Å². The quantitative estimate of drug-likeness (QED) is 0.889. The summed E-state index contributed by atoms with van der Waals surface area (Å²) < 4.78 is 5.10. The van der Waals surface area contributed by atoms with Crippen molar-refractivity contribution in [2.45, 2.75) is 25.9 Å². The Morgan fingerprint density at radius 2 is 2.06 bits per heavy atom. The van der Waals surface area contributed by atoms with Crippen molar-refractivity contribution in [3.8, 4) is 5.75 Å². The number of likely N-dealkylation sites (tertiary alicyclic amines) is 1. The van der Waals surface area contributed by atoms with Gasteiger partial charge in [-0.25, -0.2) is 0 Å². The molecule has 1 saturated heterocycles. The van der Waals surface area contributed by atoms with Gasteiger partial charge in [0.1, 0.15) is 5.75 Å². The Hall–Kier alpha value is -1.55. The highest BCUT2D eigenvalue weighted by Crippen LogP contribution is 2.21. The highest BCUT2D eigenvalue weighted by molar-refractivity contribution is 5.96. The summed E-state index contributed by atoms with van der Waals surface area (Å²) in [6.07, 6.45) is 3.33. The monoisotopic (exact) mass is 249 g/mol. The number of carbonyl (C=O) groups excluding carboxylic acids is 1. The molecule has 1 aliphatic rings. The molecule has 2 rings (SSSR count). The van der Waals surface area contributed by atoms with Crippen LogP contribution in [0.3, 0.4) is 0 Å². The molecule has 1 aliphatic heterocycles. The fraction of sp³-hybridized carbons (Fsp3) is 0.500. The lowest BCUT2D eigenvalue weighted by Gasteiger charge is -2.27. The van der Waals surface area contributed by atoms with E-state index in [0.29, 0.717) is 16.9 Å². The first-order valence-corrected chi connectivity index (χ1v) is 6.33. The largest absolute Gasteiger partial charge is 0.497 e. The Labute approximate surface area is 107 Å². The highest BCUT2D eigenvalue weighted by atomic mass is 16.5. The number of nitrogens with zero attached hydrogens (tertiary/aromatic N) is 1. The predicted octanol–water partition coefficient (Wildman–Crippen LogP) is 1.81. The number of aliphatic hydroxyl groups excluding tert-OH is 1. The zero-order valence-electron chi connectivity index (χ0n) is 10.7. The molecule has 4 nitrogen and oxygen atoms in total.